The molecule has 0 saturated carbocycles. The minimum Gasteiger partial charge on any atom is -1.00 e. The summed E-state index contributed by atoms with van der Waals surface area (Å²) in [5.41, 5.74) is 0. The molecule has 0 fully saturated rings. The second-order valence-electron chi connectivity index (χ2n) is 0. The van der Waals surface area contributed by atoms with Crippen molar-refractivity contribution in [3.63, 3.8) is 0 Å². The summed E-state index contributed by atoms with van der Waals surface area (Å²) in [6, 6.07) is 0. The van der Waals surface area contributed by atoms with E-state index in [9.17, 15) is 0 Å². The first-order chi connectivity index (χ1) is 0. The first kappa shape index (κ1) is 92.6. The Morgan fingerprint density at radius 2 is 0.714 bits per heavy atom. The Bertz CT molecular complexity index is 18.5. The maximum Gasteiger partial charge on any atom is 2.00 e. The molecular weight excluding hydrogens is 408 g/mol. The van der Waals surface area contributed by atoms with Gasteiger partial charge in [0, 0.05) is 21.7 Å². The molecule has 0 rings (SSSR count). The molecule has 0 radical (unpaired) electrons. The zero-order valence-corrected chi connectivity index (χ0v) is 14.4. The Kier molecular flexibility index (Phi) is 869. The first-order valence-electron chi connectivity index (χ1n) is 0. The average molecular weight is 422 g/mol. The molecule has 0 saturated heterocycles. The van der Waals surface area contributed by atoms with Crippen LogP contribution in [0, 0.1) is 0 Å². The maximum atomic E-state index is 0. The predicted octanol–water partition coefficient (Wildman–Crippen LogP) is -4.64. The number of hydrogen-bond acceptors (Lipinski definition) is 0. The van der Waals surface area contributed by atoms with Gasteiger partial charge in [-0.3, -0.25) is 0 Å². The molecule has 0 atom stereocenters. The molecule has 0 bridgehead atoms. The fraction of sp³-hybridized carbons (Fsp3) is 0. The summed E-state index contributed by atoms with van der Waals surface area (Å²) in [7, 11) is 0. The van der Waals surface area contributed by atoms with Crippen molar-refractivity contribution >= 4 is 71.7 Å². The Morgan fingerprint density at radius 1 is 0.714 bits per heavy atom. The van der Waals surface area contributed by atoms with E-state index in [4.69, 9.17) is 0 Å². The van der Waals surface area contributed by atoms with Crippen molar-refractivity contribution in [2.45, 2.75) is 0 Å². The van der Waals surface area contributed by atoms with Crippen LogP contribution in [0.3, 0.4) is 0 Å². The van der Waals surface area contributed by atoms with Crippen molar-refractivity contribution in [1.82, 2.24) is 0 Å². The standard InChI is InChI=1S/Bi.4H2O.Sr.Ti.5H/h;4*1H2;;;;;;;/q;;;;;+2;;;;;2*-1. The summed E-state index contributed by atoms with van der Waals surface area (Å²) in [5.74, 6) is 0. The Balaban J connectivity index is 0. The molecule has 0 aliphatic carbocycles. The molecule has 48 valence electrons. The van der Waals surface area contributed by atoms with Crippen molar-refractivity contribution < 1.29 is 46.5 Å². The Labute approximate surface area is 116 Å². The summed E-state index contributed by atoms with van der Waals surface area (Å²) in [4.78, 5) is 0. The minimum atomic E-state index is 0. The van der Waals surface area contributed by atoms with Gasteiger partial charge in [-0.1, -0.05) is 0 Å². The third-order valence-corrected chi connectivity index (χ3v) is 0. The van der Waals surface area contributed by atoms with Crippen molar-refractivity contribution in [2.75, 3.05) is 0 Å². The largest absolute Gasteiger partial charge is 2.00 e. The molecule has 0 amide bonds. The van der Waals surface area contributed by atoms with Crippen LogP contribution in [0.4, 0.5) is 0 Å². The second kappa shape index (κ2) is 65.7. The molecule has 0 aromatic rings. The summed E-state index contributed by atoms with van der Waals surface area (Å²) in [6.07, 6.45) is 0. The van der Waals surface area contributed by atoms with Gasteiger partial charge in [0.2, 0.25) is 0 Å². The SMILES string of the molecule is O.O.O.O.[BiH3].[H-].[H-].[Sr+2].[Ti]. The van der Waals surface area contributed by atoms with Gasteiger partial charge in [-0.15, -0.1) is 0 Å². The van der Waals surface area contributed by atoms with Crippen LogP contribution in [0.5, 0.6) is 0 Å². The van der Waals surface area contributed by atoms with E-state index in [0.717, 1.165) is 0 Å². The van der Waals surface area contributed by atoms with Gasteiger partial charge in [-0.25, -0.2) is 0 Å². The quantitative estimate of drug-likeness (QED) is 0.349. The molecule has 0 aromatic heterocycles. The molecule has 0 spiro atoms. The second-order valence-corrected chi connectivity index (χ2v) is 0. The van der Waals surface area contributed by atoms with Crippen LogP contribution in [0.2, 0.25) is 0 Å². The third kappa shape index (κ3) is 50.1. The maximum absolute atomic E-state index is 0. The van der Waals surface area contributed by atoms with Crippen LogP contribution < -0.4 is 0 Å². The van der Waals surface area contributed by atoms with Gasteiger partial charge in [0.15, 0.2) is 0 Å². The molecule has 0 aliphatic rings. The van der Waals surface area contributed by atoms with Crippen molar-refractivity contribution in [3.05, 3.63) is 0 Å². The van der Waals surface area contributed by atoms with Crippen LogP contribution in [0.1, 0.15) is 2.85 Å². The Morgan fingerprint density at radius 3 is 0.714 bits per heavy atom. The van der Waals surface area contributed by atoms with Gasteiger partial charge in [-0.2, -0.15) is 0 Å². The van der Waals surface area contributed by atoms with E-state index in [2.05, 4.69) is 0 Å². The summed E-state index contributed by atoms with van der Waals surface area (Å²) in [5, 5.41) is 0. The molecule has 0 heterocycles. The van der Waals surface area contributed by atoms with Crippen LogP contribution >= 0.6 is 0 Å². The van der Waals surface area contributed by atoms with E-state index in [1.807, 2.05) is 0 Å². The van der Waals surface area contributed by atoms with E-state index in [-0.39, 0.29) is 118 Å². The molecule has 7 heteroatoms. The summed E-state index contributed by atoms with van der Waals surface area (Å²) >= 11 is 0. The van der Waals surface area contributed by atoms with Crippen LogP contribution in [-0.2, 0) is 21.7 Å². The van der Waals surface area contributed by atoms with Gasteiger partial charge < -0.3 is 24.8 Å². The smallest absolute Gasteiger partial charge is 1.00 e. The summed E-state index contributed by atoms with van der Waals surface area (Å²) in [6.45, 7) is 0. The van der Waals surface area contributed by atoms with E-state index in [1.54, 1.807) is 0 Å². The van der Waals surface area contributed by atoms with E-state index < -0.39 is 0 Å². The zero-order valence-electron chi connectivity index (χ0n) is 5.91. The average Bonchev–Trinajstić information content (AvgIpc) is 0. The summed E-state index contributed by atoms with van der Waals surface area (Å²) < 4.78 is 0. The van der Waals surface area contributed by atoms with E-state index >= 15 is 0 Å². The monoisotopic (exact) mass is 422 g/mol. The van der Waals surface area contributed by atoms with E-state index in [0.29, 0.717) is 0 Å². The molecule has 7 heavy (non-hydrogen) atoms. The first-order valence-corrected chi connectivity index (χ1v) is 0. The van der Waals surface area contributed by atoms with Crippen molar-refractivity contribution in [1.29, 1.82) is 0 Å². The van der Waals surface area contributed by atoms with Gasteiger partial charge in [0.25, 0.3) is 0 Å². The van der Waals surface area contributed by atoms with Gasteiger partial charge >= 0.3 is 71.7 Å². The van der Waals surface area contributed by atoms with Crippen LogP contribution in [0.25, 0.3) is 0 Å². The van der Waals surface area contributed by atoms with Gasteiger partial charge in [0.05, 0.1) is 0 Å². The molecular formula is H13BiO4SrTi. The van der Waals surface area contributed by atoms with Crippen molar-refractivity contribution in [2.24, 2.45) is 0 Å². The van der Waals surface area contributed by atoms with Crippen molar-refractivity contribution in [3.8, 4) is 0 Å². The third-order valence-electron chi connectivity index (χ3n) is 0. The normalized spacial score (nSPS) is 0. The topological polar surface area (TPSA) is 126 Å². The molecule has 8 N–H and O–H groups in total. The van der Waals surface area contributed by atoms with Crippen LogP contribution in [0.15, 0.2) is 0 Å². The molecule has 0 aliphatic heterocycles. The number of hydrogen-bond donors (Lipinski definition) is 0. The predicted molar refractivity (Wildman–Crippen MR) is 32.4 cm³/mol. The molecule has 0 aromatic carbocycles. The molecule has 4 nitrogen and oxygen atoms in total. The van der Waals surface area contributed by atoms with Gasteiger partial charge in [0.1, 0.15) is 0 Å². The zero-order chi connectivity index (χ0) is 0. The fourth-order valence-electron chi connectivity index (χ4n) is 0. The minimum absolute atomic E-state index is 0. The van der Waals surface area contributed by atoms with Gasteiger partial charge in [-0.05, 0) is 0 Å². The van der Waals surface area contributed by atoms with Crippen LogP contribution in [-0.4, -0.2) is 93.6 Å². The molecule has 0 unspecified atom stereocenters. The van der Waals surface area contributed by atoms with E-state index in [1.165, 1.54) is 0 Å². The fourth-order valence-corrected chi connectivity index (χ4v) is 0. The number of rotatable bonds is 0. The Hall–Kier alpha value is 2.92.